The first-order valence-electron chi connectivity index (χ1n) is 11.6. The molecule has 29 heavy (non-hydrogen) atoms. The minimum Gasteiger partial charge on any atom is -0.356 e. The van der Waals surface area contributed by atoms with E-state index >= 15 is 0 Å². The molecule has 0 saturated heterocycles. The van der Waals surface area contributed by atoms with E-state index in [0.717, 1.165) is 42.7 Å². The average molecular weight is 395 g/mol. The number of hydrogen-bond acceptors (Lipinski definition) is 2. The quantitative estimate of drug-likeness (QED) is 0.812. The Balaban J connectivity index is 1.20. The predicted octanol–water partition coefficient (Wildman–Crippen LogP) is 4.25. The summed E-state index contributed by atoms with van der Waals surface area (Å²) in [6.45, 7) is 3.11. The highest BCUT2D eigenvalue weighted by Crippen LogP contribution is 2.61. The van der Waals surface area contributed by atoms with Crippen molar-refractivity contribution in [2.24, 2.45) is 23.2 Å². The van der Waals surface area contributed by atoms with Crippen LogP contribution < -0.4 is 5.32 Å². The molecular formula is C25H34N2O2. The molecule has 4 saturated carbocycles. The molecular weight excluding hydrogens is 360 g/mol. The summed E-state index contributed by atoms with van der Waals surface area (Å²) in [5.74, 6) is 3.02. The molecule has 2 amide bonds. The molecule has 1 aromatic carbocycles. The SMILES string of the molecule is CC(=O)N1CCc2ccccc2C1CC(=O)NCCC12CC3CC(CC(C3)C1)C2. The lowest BCUT2D eigenvalue weighted by Gasteiger charge is -2.57. The molecule has 1 N–H and O–H groups in total. The summed E-state index contributed by atoms with van der Waals surface area (Å²) in [7, 11) is 0. The van der Waals surface area contributed by atoms with Crippen molar-refractivity contribution >= 4 is 11.8 Å². The first kappa shape index (κ1) is 19.1. The molecule has 5 aliphatic rings. The normalized spacial score (nSPS) is 34.7. The molecule has 156 valence electrons. The summed E-state index contributed by atoms with van der Waals surface area (Å²) in [6.07, 6.45) is 11.0. The third-order valence-corrected chi connectivity index (χ3v) is 8.34. The molecule has 1 atom stereocenters. The minimum absolute atomic E-state index is 0.0610. The van der Waals surface area contributed by atoms with Crippen LogP contribution in [-0.4, -0.2) is 29.8 Å². The lowest BCUT2D eigenvalue weighted by molar-refractivity contribution is -0.133. The Morgan fingerprint density at radius 3 is 2.38 bits per heavy atom. The van der Waals surface area contributed by atoms with E-state index in [4.69, 9.17) is 0 Å². The second kappa shape index (κ2) is 7.45. The first-order chi connectivity index (χ1) is 14.0. The van der Waals surface area contributed by atoms with E-state index in [2.05, 4.69) is 17.4 Å². The zero-order valence-electron chi connectivity index (χ0n) is 17.7. The highest BCUT2D eigenvalue weighted by molar-refractivity contribution is 5.79. The average Bonchev–Trinajstić information content (AvgIpc) is 2.66. The summed E-state index contributed by atoms with van der Waals surface area (Å²) in [5, 5.41) is 3.22. The van der Waals surface area contributed by atoms with Gasteiger partial charge < -0.3 is 10.2 Å². The molecule has 4 nitrogen and oxygen atoms in total. The summed E-state index contributed by atoms with van der Waals surface area (Å²) < 4.78 is 0. The maximum atomic E-state index is 12.8. The van der Waals surface area contributed by atoms with E-state index in [0.29, 0.717) is 18.4 Å². The molecule has 4 aliphatic carbocycles. The van der Waals surface area contributed by atoms with Crippen molar-refractivity contribution in [3.63, 3.8) is 0 Å². The summed E-state index contributed by atoms with van der Waals surface area (Å²) in [6, 6.07) is 8.14. The zero-order valence-corrected chi connectivity index (χ0v) is 17.7. The van der Waals surface area contributed by atoms with Crippen molar-refractivity contribution in [2.75, 3.05) is 13.1 Å². The standard InChI is InChI=1S/C25H34N2O2/c1-17(28)27-9-6-21-4-2-3-5-22(21)23(27)13-24(29)26-8-7-25-14-18-10-19(15-25)12-20(11-18)16-25/h2-5,18-20,23H,6-16H2,1H3,(H,26,29). The van der Waals surface area contributed by atoms with Gasteiger partial charge in [0, 0.05) is 20.0 Å². The molecule has 0 spiro atoms. The maximum absolute atomic E-state index is 12.8. The van der Waals surface area contributed by atoms with E-state index < -0.39 is 0 Å². The summed E-state index contributed by atoms with van der Waals surface area (Å²) in [4.78, 5) is 26.9. The van der Waals surface area contributed by atoms with Crippen molar-refractivity contribution in [3.05, 3.63) is 35.4 Å². The van der Waals surface area contributed by atoms with Gasteiger partial charge >= 0.3 is 0 Å². The topological polar surface area (TPSA) is 49.4 Å². The van der Waals surface area contributed by atoms with Crippen LogP contribution in [0.1, 0.15) is 75.5 Å². The molecule has 1 unspecified atom stereocenters. The number of amides is 2. The van der Waals surface area contributed by atoms with Gasteiger partial charge in [-0.15, -0.1) is 0 Å². The third-order valence-electron chi connectivity index (χ3n) is 8.34. The fourth-order valence-corrected chi connectivity index (χ4v) is 7.56. The number of carbonyl (C=O) groups excluding carboxylic acids is 2. The summed E-state index contributed by atoms with van der Waals surface area (Å²) >= 11 is 0. The third kappa shape index (κ3) is 3.71. The van der Waals surface area contributed by atoms with Crippen LogP contribution in [0.3, 0.4) is 0 Å². The number of benzene rings is 1. The fourth-order valence-electron chi connectivity index (χ4n) is 7.56. The molecule has 4 heteroatoms. The highest BCUT2D eigenvalue weighted by Gasteiger charge is 2.50. The minimum atomic E-state index is -0.128. The van der Waals surface area contributed by atoms with E-state index in [9.17, 15) is 9.59 Å². The van der Waals surface area contributed by atoms with Gasteiger partial charge in [0.15, 0.2) is 0 Å². The maximum Gasteiger partial charge on any atom is 0.222 e. The Morgan fingerprint density at radius 2 is 1.72 bits per heavy atom. The Morgan fingerprint density at radius 1 is 1.07 bits per heavy atom. The van der Waals surface area contributed by atoms with Gasteiger partial charge in [-0.25, -0.2) is 0 Å². The number of rotatable bonds is 5. The number of hydrogen-bond donors (Lipinski definition) is 1. The van der Waals surface area contributed by atoms with Crippen LogP contribution in [0.2, 0.25) is 0 Å². The van der Waals surface area contributed by atoms with Gasteiger partial charge in [-0.2, -0.15) is 0 Å². The molecule has 6 rings (SSSR count). The van der Waals surface area contributed by atoms with Crippen LogP contribution in [0.15, 0.2) is 24.3 Å². The van der Waals surface area contributed by atoms with Crippen LogP contribution >= 0.6 is 0 Å². The van der Waals surface area contributed by atoms with E-state index in [1.807, 2.05) is 17.0 Å². The first-order valence-corrected chi connectivity index (χ1v) is 11.6. The summed E-state index contributed by atoms with van der Waals surface area (Å²) in [5.41, 5.74) is 2.92. The van der Waals surface area contributed by atoms with Crippen LogP contribution in [0, 0.1) is 23.2 Å². The van der Waals surface area contributed by atoms with Gasteiger partial charge in [0.05, 0.1) is 12.5 Å². The Labute approximate surface area is 174 Å². The lowest BCUT2D eigenvalue weighted by atomic mass is 9.49. The molecule has 4 fully saturated rings. The fraction of sp³-hybridized carbons (Fsp3) is 0.680. The Kier molecular flexibility index (Phi) is 4.92. The van der Waals surface area contributed by atoms with Crippen molar-refractivity contribution in [2.45, 2.75) is 70.8 Å². The smallest absolute Gasteiger partial charge is 0.222 e. The van der Waals surface area contributed by atoms with Gasteiger partial charge in [-0.05, 0) is 85.7 Å². The second-order valence-corrected chi connectivity index (χ2v) is 10.4. The van der Waals surface area contributed by atoms with Gasteiger partial charge in [0.1, 0.15) is 0 Å². The van der Waals surface area contributed by atoms with E-state index in [1.54, 1.807) is 6.92 Å². The van der Waals surface area contributed by atoms with E-state index in [-0.39, 0.29) is 17.9 Å². The number of carbonyl (C=O) groups is 2. The van der Waals surface area contributed by atoms with Gasteiger partial charge in [0.2, 0.25) is 11.8 Å². The molecule has 0 radical (unpaired) electrons. The molecule has 0 aromatic heterocycles. The number of nitrogens with zero attached hydrogens (tertiary/aromatic N) is 1. The van der Waals surface area contributed by atoms with E-state index in [1.165, 1.54) is 44.1 Å². The van der Waals surface area contributed by atoms with Crippen molar-refractivity contribution in [1.29, 1.82) is 0 Å². The number of fused-ring (bicyclic) bond motifs is 1. The molecule has 4 bridgehead atoms. The van der Waals surface area contributed by atoms with Gasteiger partial charge in [-0.1, -0.05) is 24.3 Å². The largest absolute Gasteiger partial charge is 0.356 e. The highest BCUT2D eigenvalue weighted by atomic mass is 16.2. The van der Waals surface area contributed by atoms with Crippen LogP contribution in [-0.2, 0) is 16.0 Å². The Hall–Kier alpha value is -1.84. The van der Waals surface area contributed by atoms with Crippen molar-refractivity contribution < 1.29 is 9.59 Å². The number of nitrogens with one attached hydrogen (secondary N) is 1. The Bertz CT molecular complexity index is 766. The lowest BCUT2D eigenvalue weighted by Crippen LogP contribution is -2.47. The van der Waals surface area contributed by atoms with Gasteiger partial charge in [-0.3, -0.25) is 9.59 Å². The monoisotopic (exact) mass is 394 g/mol. The van der Waals surface area contributed by atoms with Crippen LogP contribution in [0.4, 0.5) is 0 Å². The van der Waals surface area contributed by atoms with Crippen LogP contribution in [0.25, 0.3) is 0 Å². The molecule has 1 aliphatic heterocycles. The zero-order chi connectivity index (χ0) is 20.0. The molecule has 1 aromatic rings. The van der Waals surface area contributed by atoms with Crippen molar-refractivity contribution in [3.8, 4) is 0 Å². The van der Waals surface area contributed by atoms with Crippen LogP contribution in [0.5, 0.6) is 0 Å². The molecule has 1 heterocycles. The second-order valence-electron chi connectivity index (χ2n) is 10.4. The van der Waals surface area contributed by atoms with Crippen molar-refractivity contribution in [1.82, 2.24) is 10.2 Å². The predicted molar refractivity (Wildman–Crippen MR) is 113 cm³/mol. The van der Waals surface area contributed by atoms with Gasteiger partial charge in [0.25, 0.3) is 0 Å².